The third-order valence-corrected chi connectivity index (χ3v) is 8.78. The molecular formula is C33H48N5O3P+2. The second-order valence-electron chi connectivity index (χ2n) is 11.3. The molecular weight excluding hydrogens is 545 g/mol. The molecule has 0 unspecified atom stereocenters. The van der Waals surface area contributed by atoms with Crippen LogP contribution in [0.1, 0.15) is 84.1 Å². The Kier molecular flexibility index (Phi) is 11.8. The van der Waals surface area contributed by atoms with E-state index in [0.29, 0.717) is 6.42 Å². The molecule has 226 valence electrons. The molecule has 0 aliphatic heterocycles. The van der Waals surface area contributed by atoms with Crippen LogP contribution in [0.2, 0.25) is 0 Å². The van der Waals surface area contributed by atoms with Gasteiger partial charge in [0, 0.05) is 48.0 Å². The lowest BCUT2D eigenvalue weighted by atomic mass is 9.91. The quantitative estimate of drug-likeness (QED) is 0.0814. The lowest BCUT2D eigenvalue weighted by molar-refractivity contribution is -0.697. The van der Waals surface area contributed by atoms with Crippen molar-refractivity contribution < 1.29 is 23.5 Å². The van der Waals surface area contributed by atoms with Crippen LogP contribution in [0.15, 0.2) is 55.1 Å². The van der Waals surface area contributed by atoms with E-state index in [2.05, 4.69) is 85.0 Å². The average molecular weight is 594 g/mol. The molecule has 2 N–H and O–H groups in total. The molecule has 42 heavy (non-hydrogen) atoms. The number of benzene rings is 1. The fraction of sp³-hybridized carbons (Fsp3) is 0.515. The first-order valence-electron chi connectivity index (χ1n) is 15.8. The molecule has 0 spiro atoms. The third-order valence-electron chi connectivity index (χ3n) is 7.88. The molecule has 0 amide bonds. The second kappa shape index (κ2) is 15.5. The van der Waals surface area contributed by atoms with Crippen LogP contribution >= 0.6 is 7.60 Å². The van der Waals surface area contributed by atoms with Crippen molar-refractivity contribution in [2.45, 2.75) is 105 Å². The van der Waals surface area contributed by atoms with Gasteiger partial charge in [0.25, 0.3) is 0 Å². The highest BCUT2D eigenvalue weighted by atomic mass is 31.2. The Hall–Kier alpha value is -2.93. The van der Waals surface area contributed by atoms with Gasteiger partial charge in [0.2, 0.25) is 0 Å². The molecule has 0 fully saturated rings. The van der Waals surface area contributed by atoms with Crippen LogP contribution < -0.4 is 9.13 Å². The summed E-state index contributed by atoms with van der Waals surface area (Å²) < 4.78 is 15.4. The van der Waals surface area contributed by atoms with Gasteiger partial charge < -0.3 is 9.79 Å². The molecule has 3 aromatic heterocycles. The number of aromatic nitrogens is 5. The summed E-state index contributed by atoms with van der Waals surface area (Å²) >= 11 is 0. The fourth-order valence-electron chi connectivity index (χ4n) is 5.54. The van der Waals surface area contributed by atoms with Gasteiger partial charge in [-0.25, -0.2) is 9.13 Å². The molecule has 0 aliphatic rings. The molecule has 0 saturated carbocycles. The van der Waals surface area contributed by atoms with Crippen LogP contribution in [-0.4, -0.2) is 30.9 Å². The van der Waals surface area contributed by atoms with E-state index in [9.17, 15) is 4.57 Å². The van der Waals surface area contributed by atoms with Crippen LogP contribution in [0.3, 0.4) is 0 Å². The van der Waals surface area contributed by atoms with Crippen molar-refractivity contribution in [3.05, 3.63) is 60.7 Å². The van der Waals surface area contributed by atoms with E-state index in [0.717, 1.165) is 80.3 Å². The topological polar surface area (TPSA) is 96.0 Å². The average Bonchev–Trinajstić information content (AvgIpc) is 3.40. The zero-order chi connectivity index (χ0) is 30.0. The maximum atomic E-state index is 11.0. The van der Waals surface area contributed by atoms with Gasteiger partial charge in [0.1, 0.15) is 24.1 Å². The third kappa shape index (κ3) is 8.79. The van der Waals surface area contributed by atoms with Crippen LogP contribution in [0.25, 0.3) is 33.3 Å². The minimum atomic E-state index is -3.88. The molecule has 0 saturated heterocycles. The van der Waals surface area contributed by atoms with Gasteiger partial charge in [0.05, 0.1) is 6.54 Å². The molecule has 4 aromatic rings. The summed E-state index contributed by atoms with van der Waals surface area (Å²) in [6.45, 7) is 9.26. The van der Waals surface area contributed by atoms with Gasteiger partial charge >= 0.3 is 7.60 Å². The maximum absolute atomic E-state index is 11.0. The Bertz CT molecular complexity index is 1460. The van der Waals surface area contributed by atoms with Gasteiger partial charge in [-0.3, -0.25) is 4.57 Å². The van der Waals surface area contributed by atoms with Crippen molar-refractivity contribution >= 4 is 18.6 Å². The molecule has 0 bridgehead atoms. The van der Waals surface area contributed by atoms with Crippen molar-refractivity contribution in [1.29, 1.82) is 0 Å². The zero-order valence-corrected chi connectivity index (χ0v) is 26.5. The second-order valence-corrected chi connectivity index (χ2v) is 13.1. The van der Waals surface area contributed by atoms with Crippen LogP contribution in [0.5, 0.6) is 0 Å². The van der Waals surface area contributed by atoms with Gasteiger partial charge in [0.15, 0.2) is 24.8 Å². The highest BCUT2D eigenvalue weighted by molar-refractivity contribution is 7.51. The zero-order valence-electron chi connectivity index (χ0n) is 25.6. The number of rotatable bonds is 17. The van der Waals surface area contributed by atoms with E-state index in [1.165, 1.54) is 36.0 Å². The molecule has 1 aromatic carbocycles. The number of hydrogen-bond donors (Lipinski definition) is 2. The number of fused-ring (bicyclic) bond motifs is 1. The van der Waals surface area contributed by atoms with E-state index < -0.39 is 7.60 Å². The molecule has 8 nitrogen and oxygen atoms in total. The summed E-state index contributed by atoms with van der Waals surface area (Å²) in [5.41, 5.74) is 7.88. The smallest absolute Gasteiger partial charge is 0.324 e. The largest absolute Gasteiger partial charge is 0.325 e. The van der Waals surface area contributed by atoms with E-state index in [-0.39, 0.29) is 6.16 Å². The molecule has 0 aliphatic carbocycles. The van der Waals surface area contributed by atoms with Gasteiger partial charge in [-0.15, -0.1) is 0 Å². The van der Waals surface area contributed by atoms with E-state index >= 15 is 0 Å². The number of aryl methyl sites for hydroxylation is 4. The van der Waals surface area contributed by atoms with Crippen molar-refractivity contribution in [2.24, 2.45) is 0 Å². The fourth-order valence-corrected chi connectivity index (χ4v) is 6.18. The Balaban J connectivity index is 1.63. The lowest BCUT2D eigenvalue weighted by Crippen LogP contribution is -2.32. The molecule has 0 atom stereocenters. The monoisotopic (exact) mass is 593 g/mol. The Labute approximate surface area is 250 Å². The summed E-state index contributed by atoms with van der Waals surface area (Å²) in [7, 11) is -3.88. The van der Waals surface area contributed by atoms with E-state index in [4.69, 9.17) is 20.0 Å². The van der Waals surface area contributed by atoms with Crippen molar-refractivity contribution in [1.82, 2.24) is 15.0 Å². The minimum absolute atomic E-state index is 0.0194. The summed E-state index contributed by atoms with van der Waals surface area (Å²) in [5, 5.41) is 10.2. The highest BCUT2D eigenvalue weighted by Gasteiger charge is 2.21. The van der Waals surface area contributed by atoms with Crippen molar-refractivity contribution in [3.8, 4) is 22.3 Å². The van der Waals surface area contributed by atoms with E-state index in [1.54, 1.807) is 0 Å². The Morgan fingerprint density at radius 2 is 1.40 bits per heavy atom. The van der Waals surface area contributed by atoms with Gasteiger partial charge in [-0.2, -0.15) is 15.0 Å². The molecule has 9 heteroatoms. The Morgan fingerprint density at radius 3 is 2.07 bits per heavy atom. The van der Waals surface area contributed by atoms with Crippen LogP contribution in [0.4, 0.5) is 0 Å². The summed E-state index contributed by atoms with van der Waals surface area (Å²) in [6.07, 6.45) is 18.6. The predicted molar refractivity (Wildman–Crippen MR) is 168 cm³/mol. The van der Waals surface area contributed by atoms with Crippen LogP contribution in [0, 0.1) is 0 Å². The van der Waals surface area contributed by atoms with Crippen molar-refractivity contribution in [2.75, 3.05) is 6.16 Å². The molecule has 0 radical (unpaired) electrons. The SMILES string of the molecule is CCCCCCn1nc2c(-c3cc[n+](CCCCCCP(=O)(O)O)cc3)cc(CCC)c(-c3cc[n+](CC)cc3)c2n1. The van der Waals surface area contributed by atoms with Crippen molar-refractivity contribution in [3.63, 3.8) is 0 Å². The van der Waals surface area contributed by atoms with Gasteiger partial charge in [-0.05, 0) is 55.4 Å². The first kappa shape index (κ1) is 32.0. The lowest BCUT2D eigenvalue weighted by Gasteiger charge is -2.13. The molecule has 3 heterocycles. The van der Waals surface area contributed by atoms with Gasteiger partial charge in [-0.1, -0.05) is 46.0 Å². The van der Waals surface area contributed by atoms with E-state index in [1.807, 2.05) is 4.80 Å². The number of hydrogen-bond acceptors (Lipinski definition) is 3. The van der Waals surface area contributed by atoms with Crippen LogP contribution in [-0.2, 0) is 30.6 Å². The Morgan fingerprint density at radius 1 is 0.762 bits per heavy atom. The first-order valence-corrected chi connectivity index (χ1v) is 17.6. The number of nitrogens with zero attached hydrogens (tertiary/aromatic N) is 5. The minimum Gasteiger partial charge on any atom is -0.324 e. The number of pyridine rings is 2. The predicted octanol–water partition coefficient (Wildman–Crippen LogP) is 6.63. The standard InChI is InChI=1S/C33H46N5O3P/c1-4-7-8-12-20-38-34-32-30(27-15-23-37(24-16-27)19-11-9-10-13-25-42(39,40)41)26-29(14-5-2)31(33(32)35-38)28-17-21-36(6-3)22-18-28/h15-18,21-24,26H,4-14,19-20,25H2,1-3H3/p+2. The summed E-state index contributed by atoms with van der Waals surface area (Å²) in [6, 6.07) is 11.1. The molecule has 4 rings (SSSR count). The maximum Gasteiger partial charge on any atom is 0.325 e. The summed E-state index contributed by atoms with van der Waals surface area (Å²) in [5.74, 6) is 0. The first-order chi connectivity index (χ1) is 20.3. The highest BCUT2D eigenvalue weighted by Crippen LogP contribution is 2.37. The normalized spacial score (nSPS) is 11.9. The number of unbranched alkanes of at least 4 members (excludes halogenated alkanes) is 6. The summed E-state index contributed by atoms with van der Waals surface area (Å²) in [4.78, 5) is 20.0.